The Labute approximate surface area is 202 Å². The van der Waals surface area contributed by atoms with Gasteiger partial charge in [-0.3, -0.25) is 9.79 Å². The number of hydrogen-bond acceptors (Lipinski definition) is 4. The van der Waals surface area contributed by atoms with Crippen molar-refractivity contribution in [3.05, 3.63) is 23.8 Å². The van der Waals surface area contributed by atoms with Crippen LogP contribution in [0.5, 0.6) is 11.5 Å². The summed E-state index contributed by atoms with van der Waals surface area (Å²) in [7, 11) is 0. The number of amides is 1. The largest absolute Gasteiger partial charge is 0.454 e. The number of nitrogens with one attached hydrogen (secondary N) is 2. The van der Waals surface area contributed by atoms with Crippen molar-refractivity contribution in [1.29, 1.82) is 0 Å². The molecular formula is C23H35IN4O3. The van der Waals surface area contributed by atoms with Crippen LogP contribution >= 0.6 is 24.0 Å². The van der Waals surface area contributed by atoms with Gasteiger partial charge in [0, 0.05) is 38.1 Å². The molecule has 1 aromatic carbocycles. The number of aliphatic imine (C=N–C) groups is 1. The van der Waals surface area contributed by atoms with Crippen molar-refractivity contribution in [1.82, 2.24) is 15.5 Å². The molecule has 172 valence electrons. The number of ether oxygens (including phenoxy) is 2. The van der Waals surface area contributed by atoms with E-state index in [1.807, 2.05) is 12.1 Å². The minimum Gasteiger partial charge on any atom is -0.454 e. The van der Waals surface area contributed by atoms with E-state index in [4.69, 9.17) is 14.5 Å². The smallest absolute Gasteiger partial charge is 0.231 e. The zero-order valence-electron chi connectivity index (χ0n) is 18.4. The van der Waals surface area contributed by atoms with Crippen molar-refractivity contribution < 1.29 is 14.3 Å². The molecule has 31 heavy (non-hydrogen) atoms. The van der Waals surface area contributed by atoms with E-state index in [0.29, 0.717) is 19.2 Å². The van der Waals surface area contributed by atoms with Crippen molar-refractivity contribution in [2.24, 2.45) is 10.9 Å². The summed E-state index contributed by atoms with van der Waals surface area (Å²) >= 11 is 0. The lowest BCUT2D eigenvalue weighted by Gasteiger charge is -2.26. The number of fused-ring (bicyclic) bond motifs is 1. The molecule has 0 spiro atoms. The number of carbonyl (C=O) groups is 1. The average Bonchev–Trinajstić information content (AvgIpc) is 3.43. The third-order valence-corrected chi connectivity index (χ3v) is 6.25. The van der Waals surface area contributed by atoms with Gasteiger partial charge in [-0.1, -0.05) is 25.3 Å². The van der Waals surface area contributed by atoms with E-state index < -0.39 is 0 Å². The first-order valence-corrected chi connectivity index (χ1v) is 11.4. The average molecular weight is 542 g/mol. The summed E-state index contributed by atoms with van der Waals surface area (Å²) in [5.74, 6) is 3.07. The van der Waals surface area contributed by atoms with Crippen LogP contribution < -0.4 is 20.1 Å². The van der Waals surface area contributed by atoms with Gasteiger partial charge in [0.1, 0.15) is 0 Å². The Bertz CT molecular complexity index is 767. The number of halogens is 1. The summed E-state index contributed by atoms with van der Waals surface area (Å²) in [6.07, 6.45) is 7.63. The van der Waals surface area contributed by atoms with Gasteiger partial charge < -0.3 is 25.0 Å². The van der Waals surface area contributed by atoms with Gasteiger partial charge in [-0.05, 0) is 50.3 Å². The number of hydrogen-bond donors (Lipinski definition) is 2. The second kappa shape index (κ2) is 11.8. The van der Waals surface area contributed by atoms with Crippen LogP contribution in [0.2, 0.25) is 0 Å². The molecule has 1 unspecified atom stereocenters. The van der Waals surface area contributed by atoms with Crippen LogP contribution in [0.4, 0.5) is 0 Å². The minimum absolute atomic E-state index is 0. The second-order valence-electron chi connectivity index (χ2n) is 8.45. The first kappa shape index (κ1) is 23.9. The molecule has 1 aliphatic carbocycles. The summed E-state index contributed by atoms with van der Waals surface area (Å²) in [5.41, 5.74) is 1.18. The molecule has 0 aromatic heterocycles. The Morgan fingerprint density at radius 2 is 1.97 bits per heavy atom. The van der Waals surface area contributed by atoms with Gasteiger partial charge >= 0.3 is 0 Å². The Kier molecular flexibility index (Phi) is 9.10. The highest BCUT2D eigenvalue weighted by Gasteiger charge is 2.31. The third-order valence-electron chi connectivity index (χ3n) is 6.25. The predicted molar refractivity (Wildman–Crippen MR) is 132 cm³/mol. The third kappa shape index (κ3) is 6.40. The van der Waals surface area contributed by atoms with Gasteiger partial charge in [-0.25, -0.2) is 0 Å². The van der Waals surface area contributed by atoms with Gasteiger partial charge in [0.25, 0.3) is 0 Å². The summed E-state index contributed by atoms with van der Waals surface area (Å²) in [4.78, 5) is 19.6. The number of likely N-dealkylation sites (tertiary alicyclic amines) is 1. The van der Waals surface area contributed by atoms with Gasteiger partial charge in [-0.15, -0.1) is 24.0 Å². The molecule has 2 fully saturated rings. The first-order valence-electron chi connectivity index (χ1n) is 11.4. The molecule has 0 bridgehead atoms. The standard InChI is InChI=1S/C23H34N4O3.HI/c1-2-24-23(25-12-10-17-8-9-20-21(14-17)30-16-29-20)26-19-11-13-27(15-19)22(28)18-6-4-3-5-7-18;/h8-9,14,18-19H,2-7,10-13,15-16H2,1H3,(H2,24,25,26);1H. The number of rotatable bonds is 6. The van der Waals surface area contributed by atoms with Crippen LogP contribution in [-0.4, -0.2) is 55.8 Å². The molecule has 1 saturated heterocycles. The molecular weight excluding hydrogens is 507 g/mol. The first-order chi connectivity index (χ1) is 14.7. The summed E-state index contributed by atoms with van der Waals surface area (Å²) in [5, 5.41) is 6.87. The Hall–Kier alpha value is -1.71. The number of carbonyl (C=O) groups excluding carboxylic acids is 1. The lowest BCUT2D eigenvalue weighted by Crippen LogP contribution is -2.45. The number of benzene rings is 1. The van der Waals surface area contributed by atoms with Crippen molar-refractivity contribution in [2.75, 3.05) is 33.0 Å². The number of nitrogens with zero attached hydrogens (tertiary/aromatic N) is 2. The zero-order chi connectivity index (χ0) is 20.8. The zero-order valence-corrected chi connectivity index (χ0v) is 20.7. The second-order valence-corrected chi connectivity index (χ2v) is 8.45. The fraction of sp³-hybridized carbons (Fsp3) is 0.652. The number of guanidine groups is 1. The van der Waals surface area contributed by atoms with Gasteiger partial charge in [0.05, 0.1) is 0 Å². The van der Waals surface area contributed by atoms with E-state index in [1.54, 1.807) is 0 Å². The molecule has 1 aromatic rings. The molecule has 2 aliphatic heterocycles. The summed E-state index contributed by atoms with van der Waals surface area (Å²) in [6, 6.07) is 6.32. The van der Waals surface area contributed by atoms with Crippen molar-refractivity contribution in [3.8, 4) is 11.5 Å². The van der Waals surface area contributed by atoms with Crippen LogP contribution in [-0.2, 0) is 11.2 Å². The summed E-state index contributed by atoms with van der Waals surface area (Å²) in [6.45, 7) is 5.50. The minimum atomic E-state index is 0. The lowest BCUT2D eigenvalue weighted by molar-refractivity contribution is -0.135. The van der Waals surface area contributed by atoms with Gasteiger partial charge in [0.15, 0.2) is 17.5 Å². The van der Waals surface area contributed by atoms with Gasteiger partial charge in [-0.2, -0.15) is 0 Å². The van der Waals surface area contributed by atoms with Crippen LogP contribution in [0.15, 0.2) is 23.2 Å². The Morgan fingerprint density at radius 3 is 2.77 bits per heavy atom. The topological polar surface area (TPSA) is 75.2 Å². The van der Waals surface area contributed by atoms with Crippen molar-refractivity contribution in [2.45, 2.75) is 57.9 Å². The highest BCUT2D eigenvalue weighted by atomic mass is 127. The molecule has 1 saturated carbocycles. The Balaban J connectivity index is 0.00000272. The van der Waals surface area contributed by atoms with E-state index in [2.05, 4.69) is 28.5 Å². The van der Waals surface area contributed by atoms with Crippen LogP contribution in [0.25, 0.3) is 0 Å². The molecule has 4 rings (SSSR count). The van der Waals surface area contributed by atoms with E-state index in [9.17, 15) is 4.79 Å². The van der Waals surface area contributed by atoms with E-state index in [0.717, 1.165) is 62.8 Å². The molecule has 3 aliphatic rings. The maximum atomic E-state index is 12.8. The molecule has 2 N–H and O–H groups in total. The molecule has 0 radical (unpaired) electrons. The monoisotopic (exact) mass is 542 g/mol. The predicted octanol–water partition coefficient (Wildman–Crippen LogP) is 3.31. The Morgan fingerprint density at radius 1 is 1.16 bits per heavy atom. The van der Waals surface area contributed by atoms with Crippen molar-refractivity contribution >= 4 is 35.8 Å². The SMILES string of the molecule is CCNC(=NCCc1ccc2c(c1)OCO2)NC1CCN(C(=O)C2CCCCC2)C1.I. The highest BCUT2D eigenvalue weighted by Crippen LogP contribution is 2.32. The molecule has 2 heterocycles. The maximum Gasteiger partial charge on any atom is 0.231 e. The molecule has 7 nitrogen and oxygen atoms in total. The fourth-order valence-electron chi connectivity index (χ4n) is 4.59. The quantitative estimate of drug-likeness (QED) is 0.328. The van der Waals surface area contributed by atoms with E-state index in [1.165, 1.54) is 24.8 Å². The molecule has 1 amide bonds. The normalized spacial score (nSPS) is 21.0. The molecule has 1 atom stereocenters. The maximum absolute atomic E-state index is 12.8. The van der Waals surface area contributed by atoms with Crippen LogP contribution in [0, 0.1) is 5.92 Å². The van der Waals surface area contributed by atoms with Crippen molar-refractivity contribution in [3.63, 3.8) is 0 Å². The van der Waals surface area contributed by atoms with Gasteiger partial charge in [0.2, 0.25) is 12.7 Å². The van der Waals surface area contributed by atoms with Crippen LogP contribution in [0.1, 0.15) is 51.0 Å². The summed E-state index contributed by atoms with van der Waals surface area (Å²) < 4.78 is 10.8. The van der Waals surface area contributed by atoms with Crippen LogP contribution in [0.3, 0.4) is 0 Å². The lowest BCUT2D eigenvalue weighted by atomic mass is 9.88. The molecule has 8 heteroatoms. The van der Waals surface area contributed by atoms with E-state index >= 15 is 0 Å². The fourth-order valence-corrected chi connectivity index (χ4v) is 4.59. The van der Waals surface area contributed by atoms with E-state index in [-0.39, 0.29) is 35.9 Å². The highest BCUT2D eigenvalue weighted by molar-refractivity contribution is 14.0.